The standard InChI is InChI=1S/C13H21F3N4O/c1-4-6-17-12-19-10(13(14,15)16)8-11(20-12)18-9(2)5-7-21-3/h8-9H,4-7H2,1-3H3,(H2,17,18,19,20). The first-order valence-corrected chi connectivity index (χ1v) is 6.82. The van der Waals surface area contributed by atoms with E-state index in [1.54, 1.807) is 7.11 Å². The SMILES string of the molecule is CCCNc1nc(NC(C)CCOC)cc(C(F)(F)F)n1. The molecule has 1 heterocycles. The van der Waals surface area contributed by atoms with Gasteiger partial charge in [-0.05, 0) is 19.8 Å². The van der Waals surface area contributed by atoms with Crippen molar-refractivity contribution in [2.24, 2.45) is 0 Å². The lowest BCUT2D eigenvalue weighted by Gasteiger charge is -2.16. The summed E-state index contributed by atoms with van der Waals surface area (Å²) >= 11 is 0. The van der Waals surface area contributed by atoms with Gasteiger partial charge in [-0.2, -0.15) is 18.2 Å². The Labute approximate surface area is 122 Å². The number of ether oxygens (including phenoxy) is 1. The molecule has 5 nitrogen and oxygen atoms in total. The Morgan fingerprint density at radius 2 is 2.05 bits per heavy atom. The second-order valence-electron chi connectivity index (χ2n) is 4.71. The summed E-state index contributed by atoms with van der Waals surface area (Å²) in [5.74, 6) is 0.132. The van der Waals surface area contributed by atoms with Gasteiger partial charge in [0.25, 0.3) is 0 Å². The number of rotatable bonds is 8. The minimum Gasteiger partial charge on any atom is -0.385 e. The summed E-state index contributed by atoms with van der Waals surface area (Å²) in [5.41, 5.74) is -0.961. The van der Waals surface area contributed by atoms with Gasteiger partial charge in [0.2, 0.25) is 5.95 Å². The Bertz CT molecular complexity index is 440. The number of halogens is 3. The van der Waals surface area contributed by atoms with Crippen molar-refractivity contribution in [3.8, 4) is 0 Å². The van der Waals surface area contributed by atoms with Crippen molar-refractivity contribution in [3.05, 3.63) is 11.8 Å². The molecular weight excluding hydrogens is 285 g/mol. The van der Waals surface area contributed by atoms with Crippen molar-refractivity contribution < 1.29 is 17.9 Å². The minimum atomic E-state index is -4.50. The van der Waals surface area contributed by atoms with Crippen LogP contribution in [0.3, 0.4) is 0 Å². The van der Waals surface area contributed by atoms with Gasteiger partial charge in [-0.25, -0.2) is 4.98 Å². The van der Waals surface area contributed by atoms with Crippen LogP contribution in [0.25, 0.3) is 0 Å². The highest BCUT2D eigenvalue weighted by Gasteiger charge is 2.33. The quantitative estimate of drug-likeness (QED) is 0.772. The molecule has 120 valence electrons. The summed E-state index contributed by atoms with van der Waals surface area (Å²) in [7, 11) is 1.58. The zero-order chi connectivity index (χ0) is 15.9. The molecule has 1 aromatic rings. The van der Waals surface area contributed by atoms with E-state index < -0.39 is 11.9 Å². The van der Waals surface area contributed by atoms with Crippen molar-refractivity contribution in [3.63, 3.8) is 0 Å². The molecule has 1 rings (SSSR count). The van der Waals surface area contributed by atoms with E-state index in [4.69, 9.17) is 4.74 Å². The Morgan fingerprint density at radius 3 is 2.62 bits per heavy atom. The number of anilines is 2. The van der Waals surface area contributed by atoms with Gasteiger partial charge in [0.15, 0.2) is 5.69 Å². The normalized spacial score (nSPS) is 13.0. The molecule has 1 atom stereocenters. The lowest BCUT2D eigenvalue weighted by molar-refractivity contribution is -0.141. The molecule has 1 unspecified atom stereocenters. The maximum absolute atomic E-state index is 12.8. The maximum atomic E-state index is 12.8. The van der Waals surface area contributed by atoms with Crippen LogP contribution >= 0.6 is 0 Å². The number of alkyl halides is 3. The first-order valence-electron chi connectivity index (χ1n) is 6.82. The van der Waals surface area contributed by atoms with Gasteiger partial charge in [0.05, 0.1) is 0 Å². The summed E-state index contributed by atoms with van der Waals surface area (Å²) < 4.78 is 43.5. The van der Waals surface area contributed by atoms with Gasteiger partial charge in [-0.15, -0.1) is 0 Å². The second-order valence-corrected chi connectivity index (χ2v) is 4.71. The number of hydrogen-bond acceptors (Lipinski definition) is 5. The van der Waals surface area contributed by atoms with Crippen molar-refractivity contribution in [2.75, 3.05) is 30.9 Å². The van der Waals surface area contributed by atoms with Crippen molar-refractivity contribution in [1.82, 2.24) is 9.97 Å². The maximum Gasteiger partial charge on any atom is 0.433 e. The van der Waals surface area contributed by atoms with Crippen LogP contribution in [0.5, 0.6) is 0 Å². The molecule has 0 saturated heterocycles. The van der Waals surface area contributed by atoms with Gasteiger partial charge in [-0.1, -0.05) is 6.92 Å². The molecule has 0 radical (unpaired) electrons. The number of methoxy groups -OCH3 is 1. The Hall–Kier alpha value is -1.57. The van der Waals surface area contributed by atoms with Crippen LogP contribution in [-0.4, -0.2) is 36.3 Å². The molecule has 1 aromatic heterocycles. The largest absolute Gasteiger partial charge is 0.433 e. The van der Waals surface area contributed by atoms with E-state index in [1.165, 1.54) is 0 Å². The molecule has 0 fully saturated rings. The fourth-order valence-electron chi connectivity index (χ4n) is 1.60. The second kappa shape index (κ2) is 8.02. The number of hydrogen-bond donors (Lipinski definition) is 2. The third kappa shape index (κ3) is 6.16. The van der Waals surface area contributed by atoms with Crippen LogP contribution in [0.4, 0.5) is 24.9 Å². The molecule has 0 aliphatic carbocycles. The van der Waals surface area contributed by atoms with Crippen molar-refractivity contribution in [1.29, 1.82) is 0 Å². The number of nitrogens with zero attached hydrogens (tertiary/aromatic N) is 2. The van der Waals surface area contributed by atoms with Crippen LogP contribution < -0.4 is 10.6 Å². The number of nitrogens with one attached hydrogen (secondary N) is 2. The smallest absolute Gasteiger partial charge is 0.385 e. The van der Waals surface area contributed by atoms with E-state index in [0.29, 0.717) is 19.6 Å². The lowest BCUT2D eigenvalue weighted by atomic mass is 10.2. The first-order chi connectivity index (χ1) is 9.86. The molecule has 0 bridgehead atoms. The van der Waals surface area contributed by atoms with E-state index in [2.05, 4.69) is 20.6 Å². The van der Waals surface area contributed by atoms with E-state index in [-0.39, 0.29) is 17.8 Å². The predicted molar refractivity (Wildman–Crippen MR) is 75.4 cm³/mol. The fraction of sp³-hybridized carbons (Fsp3) is 0.692. The summed E-state index contributed by atoms with van der Waals surface area (Å²) in [6.45, 7) is 4.80. The van der Waals surface area contributed by atoms with Crippen molar-refractivity contribution in [2.45, 2.75) is 38.9 Å². The average molecular weight is 306 g/mol. The predicted octanol–water partition coefficient (Wildman–Crippen LogP) is 3.15. The molecule has 8 heteroatoms. The summed E-state index contributed by atoms with van der Waals surface area (Å²) in [5, 5.41) is 5.71. The van der Waals surface area contributed by atoms with Crippen LogP contribution in [0.15, 0.2) is 6.07 Å². The topological polar surface area (TPSA) is 59.1 Å². The monoisotopic (exact) mass is 306 g/mol. The van der Waals surface area contributed by atoms with Gasteiger partial charge in [-0.3, -0.25) is 0 Å². The molecule has 0 aliphatic heterocycles. The third-order valence-corrected chi connectivity index (χ3v) is 2.70. The highest BCUT2D eigenvalue weighted by atomic mass is 19.4. The third-order valence-electron chi connectivity index (χ3n) is 2.70. The summed E-state index contributed by atoms with van der Waals surface area (Å²) in [6, 6.07) is 0.861. The lowest BCUT2D eigenvalue weighted by Crippen LogP contribution is -2.20. The molecule has 0 aliphatic rings. The van der Waals surface area contributed by atoms with E-state index >= 15 is 0 Å². The van der Waals surface area contributed by atoms with E-state index in [0.717, 1.165) is 12.5 Å². The summed E-state index contributed by atoms with van der Waals surface area (Å²) in [4.78, 5) is 7.56. The van der Waals surface area contributed by atoms with Gasteiger partial charge >= 0.3 is 6.18 Å². The molecule has 0 spiro atoms. The van der Waals surface area contributed by atoms with Gasteiger partial charge in [0.1, 0.15) is 5.82 Å². The van der Waals surface area contributed by atoms with E-state index in [1.807, 2.05) is 13.8 Å². The Morgan fingerprint density at radius 1 is 1.33 bits per heavy atom. The van der Waals surface area contributed by atoms with Gasteiger partial charge < -0.3 is 15.4 Å². The number of aromatic nitrogens is 2. The Balaban J connectivity index is 2.90. The molecule has 2 N–H and O–H groups in total. The highest BCUT2D eigenvalue weighted by molar-refractivity contribution is 5.43. The zero-order valence-electron chi connectivity index (χ0n) is 12.4. The zero-order valence-corrected chi connectivity index (χ0v) is 12.4. The minimum absolute atomic E-state index is 0.0203. The summed E-state index contributed by atoms with van der Waals surface area (Å²) in [6.07, 6.45) is -3.07. The highest BCUT2D eigenvalue weighted by Crippen LogP contribution is 2.29. The van der Waals surface area contributed by atoms with Crippen molar-refractivity contribution >= 4 is 11.8 Å². The molecular formula is C13H21F3N4O. The van der Waals surface area contributed by atoms with Gasteiger partial charge in [0, 0.05) is 32.4 Å². The fourth-order valence-corrected chi connectivity index (χ4v) is 1.60. The van der Waals surface area contributed by atoms with Crippen LogP contribution in [0.1, 0.15) is 32.4 Å². The van der Waals surface area contributed by atoms with E-state index in [9.17, 15) is 13.2 Å². The first kappa shape index (κ1) is 17.5. The average Bonchev–Trinajstić information content (AvgIpc) is 2.41. The molecule has 21 heavy (non-hydrogen) atoms. The molecule has 0 amide bonds. The Kier molecular flexibility index (Phi) is 6.67. The van der Waals surface area contributed by atoms with Crippen LogP contribution in [0, 0.1) is 0 Å². The molecule has 0 aromatic carbocycles. The van der Waals surface area contributed by atoms with Crippen LogP contribution in [-0.2, 0) is 10.9 Å². The van der Waals surface area contributed by atoms with Crippen LogP contribution in [0.2, 0.25) is 0 Å². The molecule has 0 saturated carbocycles.